The quantitative estimate of drug-likeness (QED) is 0.277. The second-order valence-electron chi connectivity index (χ2n) is 6.73. The fourth-order valence-electron chi connectivity index (χ4n) is 3.08. The predicted octanol–water partition coefficient (Wildman–Crippen LogP) is 4.19. The molecule has 0 unspecified atom stereocenters. The molecule has 6 nitrogen and oxygen atoms in total. The second kappa shape index (κ2) is 11.7. The van der Waals surface area contributed by atoms with E-state index < -0.39 is 0 Å². The molecule has 0 aliphatic rings. The van der Waals surface area contributed by atoms with Crippen molar-refractivity contribution in [3.63, 3.8) is 0 Å². The van der Waals surface area contributed by atoms with Crippen molar-refractivity contribution in [2.75, 3.05) is 21.2 Å². The predicted molar refractivity (Wildman–Crippen MR) is 128 cm³/mol. The minimum Gasteiger partial charge on any atom is -0.380 e. The molecule has 0 bridgehead atoms. The lowest BCUT2D eigenvalue weighted by Crippen LogP contribution is -2.38. The molecule has 0 saturated heterocycles. The van der Waals surface area contributed by atoms with Crippen LogP contribution in [0.2, 0.25) is 0 Å². The van der Waals surface area contributed by atoms with E-state index in [9.17, 15) is 4.39 Å². The maximum absolute atomic E-state index is 13.8. The van der Waals surface area contributed by atoms with Gasteiger partial charge in [-0.1, -0.05) is 36.4 Å². The van der Waals surface area contributed by atoms with Crippen molar-refractivity contribution in [3.05, 3.63) is 77.5 Å². The van der Waals surface area contributed by atoms with Gasteiger partial charge >= 0.3 is 0 Å². The van der Waals surface area contributed by atoms with Gasteiger partial charge in [0.2, 0.25) is 0 Å². The summed E-state index contributed by atoms with van der Waals surface area (Å²) in [5.74, 6) is 1.31. The van der Waals surface area contributed by atoms with E-state index in [4.69, 9.17) is 4.74 Å². The third-order valence-electron chi connectivity index (χ3n) is 4.53. The normalized spacial score (nSPS) is 11.1. The standard InChI is InChI=1S/C22H26FN5O.HI/c1-24-22(26-12-16-9-10-19(23)18(11-16)15-29-3)28(2)14-21-25-13-20(27-21)17-7-5-4-6-8-17;/h4-11,13H,12,14-15H2,1-3H3,(H,24,26)(H,25,27);1H. The van der Waals surface area contributed by atoms with Gasteiger partial charge < -0.3 is 19.9 Å². The molecule has 1 heterocycles. The lowest BCUT2D eigenvalue weighted by Gasteiger charge is -2.21. The lowest BCUT2D eigenvalue weighted by molar-refractivity contribution is 0.181. The van der Waals surface area contributed by atoms with Crippen molar-refractivity contribution < 1.29 is 9.13 Å². The number of hydrogen-bond donors (Lipinski definition) is 2. The first kappa shape index (κ1) is 23.8. The van der Waals surface area contributed by atoms with Crippen LogP contribution in [0.4, 0.5) is 4.39 Å². The molecule has 3 rings (SSSR count). The molecule has 160 valence electrons. The van der Waals surface area contributed by atoms with Crippen LogP contribution in [-0.2, 0) is 24.4 Å². The fraction of sp³-hybridized carbons (Fsp3) is 0.273. The monoisotopic (exact) mass is 523 g/mol. The van der Waals surface area contributed by atoms with Gasteiger partial charge in [-0.25, -0.2) is 9.37 Å². The maximum atomic E-state index is 13.8. The molecule has 0 radical (unpaired) electrons. The summed E-state index contributed by atoms with van der Waals surface area (Å²) in [7, 11) is 5.23. The molecule has 0 fully saturated rings. The summed E-state index contributed by atoms with van der Waals surface area (Å²) in [5.41, 5.74) is 3.57. The number of nitrogens with one attached hydrogen (secondary N) is 2. The van der Waals surface area contributed by atoms with Gasteiger partial charge in [-0.05, 0) is 23.3 Å². The Hall–Kier alpha value is -2.46. The average molecular weight is 523 g/mol. The third kappa shape index (κ3) is 6.27. The Labute approximate surface area is 193 Å². The molecule has 0 atom stereocenters. The molecule has 0 spiro atoms. The highest BCUT2D eigenvalue weighted by Crippen LogP contribution is 2.16. The Morgan fingerprint density at radius 1 is 1.23 bits per heavy atom. The number of nitrogens with zero attached hydrogens (tertiary/aromatic N) is 3. The number of guanidine groups is 1. The van der Waals surface area contributed by atoms with E-state index in [2.05, 4.69) is 20.3 Å². The van der Waals surface area contributed by atoms with Crippen LogP contribution in [0.3, 0.4) is 0 Å². The number of methoxy groups -OCH3 is 1. The number of hydrogen-bond acceptors (Lipinski definition) is 3. The first-order valence-corrected chi connectivity index (χ1v) is 9.38. The fourth-order valence-corrected chi connectivity index (χ4v) is 3.08. The number of ether oxygens (including phenoxy) is 1. The van der Waals surface area contributed by atoms with Crippen LogP contribution in [0, 0.1) is 5.82 Å². The van der Waals surface area contributed by atoms with Gasteiger partial charge in [-0.2, -0.15) is 0 Å². The zero-order valence-electron chi connectivity index (χ0n) is 17.4. The van der Waals surface area contributed by atoms with E-state index in [1.54, 1.807) is 26.3 Å². The smallest absolute Gasteiger partial charge is 0.194 e. The van der Waals surface area contributed by atoms with Gasteiger partial charge in [0, 0.05) is 33.3 Å². The van der Waals surface area contributed by atoms with E-state index in [-0.39, 0.29) is 36.4 Å². The highest BCUT2D eigenvalue weighted by atomic mass is 127. The number of rotatable bonds is 7. The molecule has 3 aromatic rings. The lowest BCUT2D eigenvalue weighted by atomic mass is 10.1. The molecule has 0 amide bonds. The molecule has 30 heavy (non-hydrogen) atoms. The summed E-state index contributed by atoms with van der Waals surface area (Å²) in [6.07, 6.45) is 1.84. The number of halogens is 2. The molecule has 1 aromatic heterocycles. The van der Waals surface area contributed by atoms with Crippen molar-refractivity contribution in [1.82, 2.24) is 20.2 Å². The Bertz CT molecular complexity index is 961. The van der Waals surface area contributed by atoms with E-state index in [0.717, 1.165) is 28.6 Å². The van der Waals surface area contributed by atoms with E-state index in [0.29, 0.717) is 18.7 Å². The summed E-state index contributed by atoms with van der Waals surface area (Å²) < 4.78 is 18.8. The zero-order valence-corrected chi connectivity index (χ0v) is 19.7. The van der Waals surface area contributed by atoms with Gasteiger partial charge in [0.05, 0.1) is 25.0 Å². The van der Waals surface area contributed by atoms with Crippen molar-refractivity contribution in [3.8, 4) is 11.3 Å². The number of H-pyrrole nitrogens is 1. The van der Waals surface area contributed by atoms with Gasteiger partial charge in [-0.15, -0.1) is 24.0 Å². The molecular formula is C22H27FIN5O. The third-order valence-corrected chi connectivity index (χ3v) is 4.53. The van der Waals surface area contributed by atoms with Crippen molar-refractivity contribution in [2.45, 2.75) is 19.7 Å². The van der Waals surface area contributed by atoms with Gasteiger partial charge in [0.15, 0.2) is 5.96 Å². The van der Waals surface area contributed by atoms with Gasteiger partial charge in [0.1, 0.15) is 11.6 Å². The Morgan fingerprint density at radius 3 is 2.70 bits per heavy atom. The van der Waals surface area contributed by atoms with Crippen LogP contribution in [0.25, 0.3) is 11.3 Å². The second-order valence-corrected chi connectivity index (χ2v) is 6.73. The highest BCUT2D eigenvalue weighted by Gasteiger charge is 2.11. The Balaban J connectivity index is 0.00000320. The Morgan fingerprint density at radius 2 is 2.00 bits per heavy atom. The van der Waals surface area contributed by atoms with Gasteiger partial charge in [0.25, 0.3) is 0 Å². The summed E-state index contributed by atoms with van der Waals surface area (Å²) in [5, 5.41) is 3.30. The topological polar surface area (TPSA) is 65.5 Å². The maximum Gasteiger partial charge on any atom is 0.194 e. The Kier molecular flexibility index (Phi) is 9.25. The van der Waals surface area contributed by atoms with Crippen LogP contribution in [0.15, 0.2) is 59.7 Å². The number of aliphatic imine (C=N–C) groups is 1. The van der Waals surface area contributed by atoms with Crippen LogP contribution in [-0.4, -0.2) is 42.0 Å². The zero-order chi connectivity index (χ0) is 20.6. The molecule has 2 aromatic carbocycles. The molecule has 8 heteroatoms. The van der Waals surface area contributed by atoms with Crippen molar-refractivity contribution in [1.29, 1.82) is 0 Å². The first-order chi connectivity index (χ1) is 14.1. The number of aromatic amines is 1. The van der Waals surface area contributed by atoms with Crippen LogP contribution >= 0.6 is 24.0 Å². The summed E-state index contributed by atoms with van der Waals surface area (Å²) >= 11 is 0. The number of imidazole rings is 1. The number of aromatic nitrogens is 2. The minimum atomic E-state index is -0.260. The first-order valence-electron chi connectivity index (χ1n) is 9.38. The van der Waals surface area contributed by atoms with Crippen LogP contribution in [0.1, 0.15) is 17.0 Å². The van der Waals surface area contributed by atoms with Gasteiger partial charge in [-0.3, -0.25) is 4.99 Å². The van der Waals surface area contributed by atoms with Crippen molar-refractivity contribution >= 4 is 29.9 Å². The SMILES string of the molecule is CN=C(NCc1ccc(F)c(COC)c1)N(C)Cc1ncc(-c2ccccc2)[nH]1.I. The van der Waals surface area contributed by atoms with Crippen molar-refractivity contribution in [2.24, 2.45) is 4.99 Å². The molecule has 2 N–H and O–H groups in total. The number of benzene rings is 2. The molecule has 0 saturated carbocycles. The molecule has 0 aliphatic carbocycles. The van der Waals surface area contributed by atoms with Crippen LogP contribution in [0.5, 0.6) is 0 Å². The van der Waals surface area contributed by atoms with E-state index >= 15 is 0 Å². The van der Waals surface area contributed by atoms with Crippen LogP contribution < -0.4 is 5.32 Å². The molecular weight excluding hydrogens is 496 g/mol. The average Bonchev–Trinajstić information content (AvgIpc) is 3.20. The van der Waals surface area contributed by atoms with E-state index in [1.807, 2.05) is 48.5 Å². The molecule has 0 aliphatic heterocycles. The minimum absolute atomic E-state index is 0. The summed E-state index contributed by atoms with van der Waals surface area (Å²) in [4.78, 5) is 14.1. The highest BCUT2D eigenvalue weighted by molar-refractivity contribution is 14.0. The summed E-state index contributed by atoms with van der Waals surface area (Å²) in [6.45, 7) is 1.35. The summed E-state index contributed by atoms with van der Waals surface area (Å²) in [6, 6.07) is 15.1. The largest absolute Gasteiger partial charge is 0.380 e. The van der Waals surface area contributed by atoms with E-state index in [1.165, 1.54) is 6.07 Å².